The van der Waals surface area contributed by atoms with Crippen LogP contribution in [0.1, 0.15) is 35.7 Å². The molecule has 3 rings (SSSR count). The molecular formula is C22H25BrN2O3. The molecule has 6 heteroatoms. The minimum Gasteiger partial charge on any atom is -0.494 e. The normalized spacial score (nSPS) is 14.6. The quantitative estimate of drug-likeness (QED) is 0.736. The molecular weight excluding hydrogens is 420 g/mol. The van der Waals surface area contributed by atoms with Crippen LogP contribution in [0.3, 0.4) is 0 Å². The average molecular weight is 445 g/mol. The van der Waals surface area contributed by atoms with Crippen LogP contribution in [0.4, 0.5) is 0 Å². The summed E-state index contributed by atoms with van der Waals surface area (Å²) in [6.07, 6.45) is 1.94. The summed E-state index contributed by atoms with van der Waals surface area (Å²) in [4.78, 5) is 26.8. The summed E-state index contributed by atoms with van der Waals surface area (Å²) >= 11 is 3.39. The summed E-state index contributed by atoms with van der Waals surface area (Å²) in [6, 6.07) is 15.1. The van der Waals surface area contributed by atoms with Gasteiger partial charge in [0, 0.05) is 29.2 Å². The van der Waals surface area contributed by atoms with Gasteiger partial charge in [0.25, 0.3) is 5.91 Å². The van der Waals surface area contributed by atoms with E-state index in [2.05, 4.69) is 21.2 Å². The SMILES string of the molecule is CCOc1ccc(CC(=O)N2CCC(NC(=O)c3cccc(Br)c3)CC2)cc1. The van der Waals surface area contributed by atoms with Gasteiger partial charge in [0.15, 0.2) is 0 Å². The Labute approximate surface area is 174 Å². The number of likely N-dealkylation sites (tertiary alicyclic amines) is 1. The molecule has 1 aliphatic rings. The Morgan fingerprint density at radius 2 is 1.86 bits per heavy atom. The molecule has 2 aromatic carbocycles. The highest BCUT2D eigenvalue weighted by Crippen LogP contribution is 2.17. The molecule has 0 saturated carbocycles. The maximum atomic E-state index is 12.6. The van der Waals surface area contributed by atoms with E-state index >= 15 is 0 Å². The van der Waals surface area contributed by atoms with Crippen LogP contribution < -0.4 is 10.1 Å². The standard InChI is InChI=1S/C22H25BrN2O3/c1-2-28-20-8-6-16(7-9-20)14-21(26)25-12-10-19(11-13-25)24-22(27)17-4-3-5-18(23)15-17/h3-9,15,19H,2,10-14H2,1H3,(H,24,27). The van der Waals surface area contributed by atoms with E-state index in [4.69, 9.17) is 4.74 Å². The summed E-state index contributed by atoms with van der Waals surface area (Å²) in [5.74, 6) is 0.877. The Balaban J connectivity index is 1.46. The van der Waals surface area contributed by atoms with E-state index in [1.807, 2.05) is 54.3 Å². The topological polar surface area (TPSA) is 58.6 Å². The number of nitrogens with zero attached hydrogens (tertiary/aromatic N) is 1. The second kappa shape index (κ2) is 9.73. The number of nitrogens with one attached hydrogen (secondary N) is 1. The number of halogens is 1. The number of ether oxygens (including phenoxy) is 1. The van der Waals surface area contributed by atoms with Crippen molar-refractivity contribution in [3.63, 3.8) is 0 Å². The number of piperidine rings is 1. The second-order valence-electron chi connectivity index (χ2n) is 6.89. The van der Waals surface area contributed by atoms with E-state index in [9.17, 15) is 9.59 Å². The molecule has 0 aromatic heterocycles. The van der Waals surface area contributed by atoms with Gasteiger partial charge in [0.05, 0.1) is 13.0 Å². The molecule has 2 aromatic rings. The van der Waals surface area contributed by atoms with Crippen molar-refractivity contribution < 1.29 is 14.3 Å². The van der Waals surface area contributed by atoms with Crippen molar-refractivity contribution in [2.45, 2.75) is 32.2 Å². The van der Waals surface area contributed by atoms with Gasteiger partial charge < -0.3 is 15.0 Å². The van der Waals surface area contributed by atoms with Crippen molar-refractivity contribution in [1.82, 2.24) is 10.2 Å². The molecule has 0 aliphatic carbocycles. The number of hydrogen-bond donors (Lipinski definition) is 1. The average Bonchev–Trinajstić information content (AvgIpc) is 2.70. The van der Waals surface area contributed by atoms with Crippen molar-refractivity contribution >= 4 is 27.7 Å². The van der Waals surface area contributed by atoms with Crippen LogP contribution in [0.15, 0.2) is 53.0 Å². The van der Waals surface area contributed by atoms with Crippen LogP contribution in [-0.4, -0.2) is 42.5 Å². The van der Waals surface area contributed by atoms with E-state index in [1.54, 1.807) is 6.07 Å². The molecule has 1 fully saturated rings. The first-order valence-electron chi connectivity index (χ1n) is 9.61. The maximum Gasteiger partial charge on any atom is 0.251 e. The van der Waals surface area contributed by atoms with E-state index in [0.29, 0.717) is 31.7 Å². The van der Waals surface area contributed by atoms with Gasteiger partial charge in [-0.25, -0.2) is 0 Å². The molecule has 0 radical (unpaired) electrons. The highest BCUT2D eigenvalue weighted by molar-refractivity contribution is 9.10. The molecule has 148 valence electrons. The Morgan fingerprint density at radius 3 is 2.50 bits per heavy atom. The molecule has 0 unspecified atom stereocenters. The fourth-order valence-corrected chi connectivity index (χ4v) is 3.73. The Kier molecular flexibility index (Phi) is 7.09. The molecule has 1 saturated heterocycles. The summed E-state index contributed by atoms with van der Waals surface area (Å²) < 4.78 is 6.32. The van der Waals surface area contributed by atoms with Crippen LogP contribution in [0, 0.1) is 0 Å². The minimum absolute atomic E-state index is 0.0690. The lowest BCUT2D eigenvalue weighted by Crippen LogP contribution is -2.47. The molecule has 2 amide bonds. The first kappa shape index (κ1) is 20.4. The zero-order valence-electron chi connectivity index (χ0n) is 16.0. The van der Waals surface area contributed by atoms with E-state index in [0.717, 1.165) is 28.6 Å². The van der Waals surface area contributed by atoms with E-state index < -0.39 is 0 Å². The summed E-state index contributed by atoms with van der Waals surface area (Å²) in [7, 11) is 0. The highest BCUT2D eigenvalue weighted by atomic mass is 79.9. The van der Waals surface area contributed by atoms with Crippen molar-refractivity contribution in [2.24, 2.45) is 0 Å². The van der Waals surface area contributed by atoms with Crippen LogP contribution in [0.25, 0.3) is 0 Å². The van der Waals surface area contributed by atoms with Gasteiger partial charge in [0.1, 0.15) is 5.75 Å². The molecule has 0 bridgehead atoms. The Morgan fingerprint density at radius 1 is 1.14 bits per heavy atom. The van der Waals surface area contributed by atoms with Crippen LogP contribution >= 0.6 is 15.9 Å². The van der Waals surface area contributed by atoms with Gasteiger partial charge in [-0.15, -0.1) is 0 Å². The largest absolute Gasteiger partial charge is 0.494 e. The first-order valence-corrected chi connectivity index (χ1v) is 10.4. The third kappa shape index (κ3) is 5.58. The van der Waals surface area contributed by atoms with Crippen molar-refractivity contribution in [2.75, 3.05) is 19.7 Å². The van der Waals surface area contributed by atoms with E-state index in [-0.39, 0.29) is 17.9 Å². The van der Waals surface area contributed by atoms with Gasteiger partial charge >= 0.3 is 0 Å². The van der Waals surface area contributed by atoms with Crippen LogP contribution in [0.5, 0.6) is 5.75 Å². The van der Waals surface area contributed by atoms with E-state index in [1.165, 1.54) is 0 Å². The molecule has 28 heavy (non-hydrogen) atoms. The lowest BCUT2D eigenvalue weighted by Gasteiger charge is -2.32. The van der Waals surface area contributed by atoms with Gasteiger partial charge in [-0.2, -0.15) is 0 Å². The van der Waals surface area contributed by atoms with Gasteiger partial charge in [-0.05, 0) is 55.7 Å². The predicted molar refractivity (Wildman–Crippen MR) is 113 cm³/mol. The Bertz CT molecular complexity index is 815. The first-order chi connectivity index (χ1) is 13.5. The highest BCUT2D eigenvalue weighted by Gasteiger charge is 2.24. The second-order valence-corrected chi connectivity index (χ2v) is 7.81. The molecule has 1 heterocycles. The third-order valence-electron chi connectivity index (χ3n) is 4.86. The number of carbonyl (C=O) groups is 2. The third-order valence-corrected chi connectivity index (χ3v) is 5.35. The number of benzene rings is 2. The Hall–Kier alpha value is -2.34. The number of carbonyl (C=O) groups excluding carboxylic acids is 2. The van der Waals surface area contributed by atoms with Crippen molar-refractivity contribution in [1.29, 1.82) is 0 Å². The van der Waals surface area contributed by atoms with Gasteiger partial charge in [-0.1, -0.05) is 34.1 Å². The lowest BCUT2D eigenvalue weighted by atomic mass is 10.0. The maximum absolute atomic E-state index is 12.6. The van der Waals surface area contributed by atoms with Gasteiger partial charge in [-0.3, -0.25) is 9.59 Å². The molecule has 1 N–H and O–H groups in total. The van der Waals surface area contributed by atoms with Crippen molar-refractivity contribution in [3.05, 3.63) is 64.1 Å². The summed E-state index contributed by atoms with van der Waals surface area (Å²) in [6.45, 7) is 3.91. The number of amides is 2. The summed E-state index contributed by atoms with van der Waals surface area (Å²) in [5, 5.41) is 3.08. The predicted octanol–water partition coefficient (Wildman–Crippen LogP) is 3.81. The zero-order chi connectivity index (χ0) is 19.9. The fraction of sp³-hybridized carbons (Fsp3) is 0.364. The van der Waals surface area contributed by atoms with Crippen LogP contribution in [0.2, 0.25) is 0 Å². The zero-order valence-corrected chi connectivity index (χ0v) is 17.6. The summed E-state index contributed by atoms with van der Waals surface area (Å²) in [5.41, 5.74) is 1.63. The van der Waals surface area contributed by atoms with Gasteiger partial charge in [0.2, 0.25) is 5.91 Å². The molecule has 0 spiro atoms. The molecule has 5 nitrogen and oxygen atoms in total. The smallest absolute Gasteiger partial charge is 0.251 e. The van der Waals surface area contributed by atoms with Crippen molar-refractivity contribution in [3.8, 4) is 5.75 Å². The fourth-order valence-electron chi connectivity index (χ4n) is 3.33. The number of rotatable bonds is 6. The molecule has 1 aliphatic heterocycles. The molecule has 0 atom stereocenters. The van der Waals surface area contributed by atoms with Crippen LogP contribution in [-0.2, 0) is 11.2 Å². The monoisotopic (exact) mass is 444 g/mol. The number of hydrogen-bond acceptors (Lipinski definition) is 3. The lowest BCUT2D eigenvalue weighted by molar-refractivity contribution is -0.131. The minimum atomic E-state index is -0.0690.